The van der Waals surface area contributed by atoms with Gasteiger partial charge in [-0.1, -0.05) is 12.8 Å². The molecule has 1 aromatic rings. The van der Waals surface area contributed by atoms with E-state index in [2.05, 4.69) is 0 Å². The van der Waals surface area contributed by atoms with E-state index in [0.717, 1.165) is 56.7 Å². The van der Waals surface area contributed by atoms with E-state index in [1.807, 2.05) is 6.92 Å². The van der Waals surface area contributed by atoms with Crippen LogP contribution in [0.3, 0.4) is 0 Å². The molecule has 3 fully saturated rings. The highest BCUT2D eigenvalue weighted by molar-refractivity contribution is 5.91. The summed E-state index contributed by atoms with van der Waals surface area (Å²) in [4.78, 5) is 34.0. The summed E-state index contributed by atoms with van der Waals surface area (Å²) in [6.07, 6.45) is 7.89. The fourth-order valence-electron chi connectivity index (χ4n) is 6.46. The summed E-state index contributed by atoms with van der Waals surface area (Å²) in [6.45, 7) is 2.54. The number of ether oxygens (including phenoxy) is 2. The molecule has 0 unspecified atom stereocenters. The standard InChI is InChI=1S/C22H28N2O7/c1-2-30-19-11-16-7-6-15-5-3-4-8-22(15,16)20(13-19)31-21(25)14-9-17(23(26)27)12-18(10-14)24(28)29/h9-10,12,15-16,19-20H,2-8,11,13H2,1H3/t15-,16+,19-,20-,22+/m1/s1. The largest absolute Gasteiger partial charge is 0.458 e. The van der Waals surface area contributed by atoms with Crippen LogP contribution in [-0.2, 0) is 9.47 Å². The van der Waals surface area contributed by atoms with Crippen molar-refractivity contribution >= 4 is 17.3 Å². The first kappa shape index (κ1) is 21.7. The second kappa shape index (κ2) is 8.53. The Morgan fingerprint density at radius 1 is 1.03 bits per heavy atom. The summed E-state index contributed by atoms with van der Waals surface area (Å²) in [7, 11) is 0. The maximum Gasteiger partial charge on any atom is 0.338 e. The molecule has 5 atom stereocenters. The maximum absolute atomic E-state index is 13.1. The van der Waals surface area contributed by atoms with Gasteiger partial charge in [-0.3, -0.25) is 20.2 Å². The molecule has 0 bridgehead atoms. The van der Waals surface area contributed by atoms with Crippen molar-refractivity contribution < 1.29 is 24.1 Å². The third-order valence-electron chi connectivity index (χ3n) is 7.63. The van der Waals surface area contributed by atoms with E-state index >= 15 is 0 Å². The highest BCUT2D eigenvalue weighted by Crippen LogP contribution is 2.62. The Bertz CT molecular complexity index is 856. The summed E-state index contributed by atoms with van der Waals surface area (Å²) in [5, 5.41) is 22.4. The molecule has 31 heavy (non-hydrogen) atoms. The minimum atomic E-state index is -0.738. The highest BCUT2D eigenvalue weighted by atomic mass is 16.6. The minimum Gasteiger partial charge on any atom is -0.458 e. The van der Waals surface area contributed by atoms with Crippen LogP contribution in [0, 0.1) is 37.5 Å². The molecule has 9 nitrogen and oxygen atoms in total. The monoisotopic (exact) mass is 432 g/mol. The van der Waals surface area contributed by atoms with Crippen molar-refractivity contribution in [2.45, 2.75) is 70.5 Å². The number of carbonyl (C=O) groups excluding carboxylic acids is 1. The molecule has 0 N–H and O–H groups in total. The molecule has 1 aromatic carbocycles. The first-order chi connectivity index (χ1) is 14.8. The van der Waals surface area contributed by atoms with E-state index < -0.39 is 27.2 Å². The molecule has 0 aliphatic heterocycles. The van der Waals surface area contributed by atoms with Crippen molar-refractivity contribution in [2.24, 2.45) is 17.3 Å². The number of hydrogen-bond acceptors (Lipinski definition) is 7. The van der Waals surface area contributed by atoms with Gasteiger partial charge >= 0.3 is 5.97 Å². The van der Waals surface area contributed by atoms with Gasteiger partial charge in [0.15, 0.2) is 0 Å². The first-order valence-electron chi connectivity index (χ1n) is 11.1. The van der Waals surface area contributed by atoms with E-state index in [1.165, 1.54) is 6.42 Å². The summed E-state index contributed by atoms with van der Waals surface area (Å²) in [5.74, 6) is 0.199. The van der Waals surface area contributed by atoms with Gasteiger partial charge in [-0.15, -0.1) is 0 Å². The smallest absolute Gasteiger partial charge is 0.338 e. The topological polar surface area (TPSA) is 122 Å². The number of nitro benzene ring substituents is 2. The summed E-state index contributed by atoms with van der Waals surface area (Å²) < 4.78 is 11.9. The van der Waals surface area contributed by atoms with Crippen LogP contribution < -0.4 is 0 Å². The second-order valence-corrected chi connectivity index (χ2v) is 9.02. The molecular weight excluding hydrogens is 404 g/mol. The molecule has 168 valence electrons. The average molecular weight is 432 g/mol. The number of rotatable bonds is 6. The van der Waals surface area contributed by atoms with Gasteiger partial charge in [0.2, 0.25) is 0 Å². The Morgan fingerprint density at radius 3 is 2.35 bits per heavy atom. The minimum absolute atomic E-state index is 0.0125. The lowest BCUT2D eigenvalue weighted by Gasteiger charge is -2.52. The summed E-state index contributed by atoms with van der Waals surface area (Å²) >= 11 is 0. The SMILES string of the molecule is CCO[C@@H]1C[C@@H]2CC[C@H]3CCCC[C@]32[C@H](OC(=O)c2cc([N+](=O)[O-])cc([N+](=O)[O-])c2)C1. The molecule has 3 aliphatic carbocycles. The van der Waals surface area contributed by atoms with Gasteiger partial charge in [-0.25, -0.2) is 4.79 Å². The molecule has 1 spiro atoms. The van der Waals surface area contributed by atoms with Crippen LogP contribution in [0.4, 0.5) is 11.4 Å². The highest BCUT2D eigenvalue weighted by Gasteiger charge is 2.59. The van der Waals surface area contributed by atoms with E-state index in [1.54, 1.807) is 0 Å². The number of esters is 1. The second-order valence-electron chi connectivity index (χ2n) is 9.02. The molecule has 3 aliphatic rings. The van der Waals surface area contributed by atoms with Crippen molar-refractivity contribution in [1.29, 1.82) is 0 Å². The molecule has 0 heterocycles. The normalized spacial score (nSPS) is 32.0. The number of hydrogen-bond donors (Lipinski definition) is 0. The molecule has 0 amide bonds. The van der Waals surface area contributed by atoms with Crippen molar-refractivity contribution in [2.75, 3.05) is 6.61 Å². The average Bonchev–Trinajstić information content (AvgIpc) is 3.13. The zero-order valence-electron chi connectivity index (χ0n) is 17.7. The van der Waals surface area contributed by atoms with Gasteiger partial charge in [0.05, 0.1) is 27.6 Å². The lowest BCUT2D eigenvalue weighted by molar-refractivity contribution is -0.394. The number of non-ortho nitro benzene ring substituents is 2. The van der Waals surface area contributed by atoms with Gasteiger partial charge in [0.25, 0.3) is 11.4 Å². The van der Waals surface area contributed by atoms with Gasteiger partial charge in [0, 0.05) is 30.6 Å². The van der Waals surface area contributed by atoms with Crippen molar-refractivity contribution in [3.05, 3.63) is 44.0 Å². The van der Waals surface area contributed by atoms with Crippen molar-refractivity contribution in [1.82, 2.24) is 0 Å². The number of nitrogens with zero attached hydrogens (tertiary/aromatic N) is 2. The molecule has 3 saturated carbocycles. The maximum atomic E-state index is 13.1. The van der Waals surface area contributed by atoms with Gasteiger partial charge < -0.3 is 9.47 Å². The van der Waals surface area contributed by atoms with E-state index in [-0.39, 0.29) is 23.2 Å². The van der Waals surface area contributed by atoms with Crippen LogP contribution in [0.5, 0.6) is 0 Å². The number of nitro groups is 2. The molecule has 9 heteroatoms. The number of benzene rings is 1. The van der Waals surface area contributed by atoms with Crippen LogP contribution in [0.1, 0.15) is 68.6 Å². The summed E-state index contributed by atoms with van der Waals surface area (Å²) in [5.41, 5.74) is -1.22. The lowest BCUT2D eigenvalue weighted by Crippen LogP contribution is -2.53. The van der Waals surface area contributed by atoms with Gasteiger partial charge in [-0.2, -0.15) is 0 Å². The van der Waals surface area contributed by atoms with E-state index in [0.29, 0.717) is 24.9 Å². The molecule has 0 saturated heterocycles. The Balaban J connectivity index is 1.65. The fourth-order valence-corrected chi connectivity index (χ4v) is 6.46. The van der Waals surface area contributed by atoms with Crippen LogP contribution in [0.2, 0.25) is 0 Å². The van der Waals surface area contributed by atoms with E-state index in [4.69, 9.17) is 9.47 Å². The first-order valence-corrected chi connectivity index (χ1v) is 11.1. The Labute approximate surface area is 180 Å². The van der Waals surface area contributed by atoms with Crippen LogP contribution >= 0.6 is 0 Å². The lowest BCUT2D eigenvalue weighted by atomic mass is 9.56. The van der Waals surface area contributed by atoms with Gasteiger partial charge in [0.1, 0.15) is 6.10 Å². The summed E-state index contributed by atoms with van der Waals surface area (Å²) in [6, 6.07) is 2.96. The third kappa shape index (κ3) is 3.91. The van der Waals surface area contributed by atoms with Crippen LogP contribution in [-0.4, -0.2) is 34.6 Å². The van der Waals surface area contributed by atoms with E-state index in [9.17, 15) is 25.0 Å². The zero-order chi connectivity index (χ0) is 22.2. The third-order valence-corrected chi connectivity index (χ3v) is 7.63. The van der Waals surface area contributed by atoms with Crippen LogP contribution in [0.25, 0.3) is 0 Å². The molecule has 0 aromatic heterocycles. The predicted molar refractivity (Wildman–Crippen MR) is 111 cm³/mol. The Kier molecular flexibility index (Phi) is 5.96. The number of carbonyl (C=O) groups is 1. The zero-order valence-corrected chi connectivity index (χ0v) is 17.7. The van der Waals surface area contributed by atoms with Crippen molar-refractivity contribution in [3.8, 4) is 0 Å². The van der Waals surface area contributed by atoms with Crippen molar-refractivity contribution in [3.63, 3.8) is 0 Å². The van der Waals surface area contributed by atoms with Crippen LogP contribution in [0.15, 0.2) is 18.2 Å². The predicted octanol–water partition coefficient (Wildman–Crippen LogP) is 4.81. The molecular formula is C22H28N2O7. The molecule has 0 radical (unpaired) electrons. The van der Waals surface area contributed by atoms with Gasteiger partial charge in [-0.05, 0) is 50.9 Å². The fraction of sp³-hybridized carbons (Fsp3) is 0.682. The Hall–Kier alpha value is -2.55. The quantitative estimate of drug-likeness (QED) is 0.359. The Morgan fingerprint density at radius 2 is 1.71 bits per heavy atom. The molecule has 4 rings (SSSR count).